The number of nitrogens with one attached hydrogen (secondary N) is 1. The van der Waals surface area contributed by atoms with Crippen LogP contribution >= 0.6 is 0 Å². The van der Waals surface area contributed by atoms with Crippen molar-refractivity contribution in [1.82, 2.24) is 14.9 Å². The van der Waals surface area contributed by atoms with Crippen molar-refractivity contribution in [3.63, 3.8) is 0 Å². The number of hydrogen-bond acceptors (Lipinski definition) is 2. The zero-order valence-corrected chi connectivity index (χ0v) is 12.4. The molecule has 1 heterocycles. The van der Waals surface area contributed by atoms with Gasteiger partial charge >= 0.3 is 0 Å². The van der Waals surface area contributed by atoms with Crippen LogP contribution in [0.4, 0.5) is 0 Å². The summed E-state index contributed by atoms with van der Waals surface area (Å²) in [6.07, 6.45) is 9.03. The maximum Gasteiger partial charge on any atom is 0.122 e. The molecule has 1 rings (SSSR count). The molecule has 3 heteroatoms. The summed E-state index contributed by atoms with van der Waals surface area (Å²) in [6.45, 7) is 11.0. The second-order valence-corrected chi connectivity index (χ2v) is 5.64. The molecule has 1 unspecified atom stereocenters. The van der Waals surface area contributed by atoms with E-state index in [0.717, 1.165) is 31.3 Å². The summed E-state index contributed by atoms with van der Waals surface area (Å²) >= 11 is 0. The van der Waals surface area contributed by atoms with Gasteiger partial charge in [-0.25, -0.2) is 4.98 Å². The lowest BCUT2D eigenvalue weighted by molar-refractivity contribution is 0.447. The van der Waals surface area contributed by atoms with Gasteiger partial charge < -0.3 is 9.88 Å². The van der Waals surface area contributed by atoms with Crippen LogP contribution in [0.2, 0.25) is 0 Å². The van der Waals surface area contributed by atoms with Crippen LogP contribution in [-0.4, -0.2) is 15.6 Å². The molecule has 1 atom stereocenters. The van der Waals surface area contributed by atoms with Gasteiger partial charge in [-0.3, -0.25) is 0 Å². The molecule has 0 aromatic carbocycles. The first-order chi connectivity index (χ1) is 8.63. The first-order valence-corrected chi connectivity index (χ1v) is 7.36. The largest absolute Gasteiger partial charge is 0.334 e. The number of aromatic nitrogens is 2. The Morgan fingerprint density at radius 3 is 2.72 bits per heavy atom. The maximum atomic E-state index is 4.42. The molecule has 0 fully saturated rings. The predicted molar refractivity (Wildman–Crippen MR) is 77.5 cm³/mol. The molecular weight excluding hydrogens is 222 g/mol. The van der Waals surface area contributed by atoms with Crippen molar-refractivity contribution in [3.8, 4) is 0 Å². The highest BCUT2D eigenvalue weighted by molar-refractivity contribution is 4.92. The van der Waals surface area contributed by atoms with E-state index in [9.17, 15) is 0 Å². The Labute approximate surface area is 112 Å². The van der Waals surface area contributed by atoms with E-state index in [0.29, 0.717) is 6.04 Å². The molecule has 0 aliphatic heterocycles. The summed E-state index contributed by atoms with van der Waals surface area (Å²) in [5.74, 6) is 1.98. The highest BCUT2D eigenvalue weighted by Gasteiger charge is 2.05. The lowest BCUT2D eigenvalue weighted by Crippen LogP contribution is -2.27. The van der Waals surface area contributed by atoms with Crippen molar-refractivity contribution < 1.29 is 0 Å². The smallest absolute Gasteiger partial charge is 0.122 e. The minimum Gasteiger partial charge on any atom is -0.334 e. The molecule has 0 saturated heterocycles. The first-order valence-electron chi connectivity index (χ1n) is 7.36. The van der Waals surface area contributed by atoms with Gasteiger partial charge in [0.1, 0.15) is 5.82 Å². The van der Waals surface area contributed by atoms with E-state index in [1.165, 1.54) is 19.3 Å². The second kappa shape index (κ2) is 8.30. The van der Waals surface area contributed by atoms with Crippen LogP contribution in [0.1, 0.15) is 59.2 Å². The SMILES string of the molecule is CCCn1ccnc1CNC(C)CCCC(C)C. The van der Waals surface area contributed by atoms with Crippen LogP contribution < -0.4 is 5.32 Å². The van der Waals surface area contributed by atoms with Gasteiger partial charge in [-0.15, -0.1) is 0 Å². The van der Waals surface area contributed by atoms with Crippen LogP contribution in [0, 0.1) is 5.92 Å². The second-order valence-electron chi connectivity index (χ2n) is 5.64. The average Bonchev–Trinajstić information content (AvgIpc) is 2.74. The lowest BCUT2D eigenvalue weighted by Gasteiger charge is -2.15. The molecule has 0 spiro atoms. The van der Waals surface area contributed by atoms with Gasteiger partial charge in [-0.1, -0.05) is 33.6 Å². The molecular formula is C15H29N3. The molecule has 0 aliphatic rings. The fourth-order valence-electron chi connectivity index (χ4n) is 2.15. The highest BCUT2D eigenvalue weighted by atomic mass is 15.1. The molecule has 3 nitrogen and oxygen atoms in total. The van der Waals surface area contributed by atoms with E-state index in [-0.39, 0.29) is 0 Å². The predicted octanol–water partition coefficient (Wildman–Crippen LogP) is 3.60. The lowest BCUT2D eigenvalue weighted by atomic mass is 10.0. The van der Waals surface area contributed by atoms with E-state index in [2.05, 4.69) is 48.8 Å². The molecule has 0 bridgehead atoms. The van der Waals surface area contributed by atoms with Crippen molar-refractivity contribution in [2.75, 3.05) is 0 Å². The molecule has 0 aliphatic carbocycles. The Morgan fingerprint density at radius 1 is 1.28 bits per heavy atom. The number of imidazole rings is 1. The van der Waals surface area contributed by atoms with E-state index >= 15 is 0 Å². The van der Waals surface area contributed by atoms with Gasteiger partial charge in [0, 0.05) is 25.0 Å². The van der Waals surface area contributed by atoms with E-state index < -0.39 is 0 Å². The Bertz CT molecular complexity index is 317. The normalized spacial score (nSPS) is 13.2. The van der Waals surface area contributed by atoms with Gasteiger partial charge in [-0.05, 0) is 25.7 Å². The fraction of sp³-hybridized carbons (Fsp3) is 0.800. The third-order valence-electron chi connectivity index (χ3n) is 3.29. The maximum absolute atomic E-state index is 4.42. The Hall–Kier alpha value is -0.830. The summed E-state index contributed by atoms with van der Waals surface area (Å²) < 4.78 is 2.24. The van der Waals surface area contributed by atoms with Crippen molar-refractivity contribution in [1.29, 1.82) is 0 Å². The number of aryl methyl sites for hydroxylation is 1. The molecule has 18 heavy (non-hydrogen) atoms. The van der Waals surface area contributed by atoms with Crippen LogP contribution in [0.3, 0.4) is 0 Å². The molecule has 0 radical (unpaired) electrons. The summed E-state index contributed by atoms with van der Waals surface area (Å²) in [4.78, 5) is 4.42. The Kier molecular flexibility index (Phi) is 7.02. The van der Waals surface area contributed by atoms with E-state index in [4.69, 9.17) is 0 Å². The van der Waals surface area contributed by atoms with Gasteiger partial charge in [0.25, 0.3) is 0 Å². The number of hydrogen-bond donors (Lipinski definition) is 1. The minimum absolute atomic E-state index is 0.579. The quantitative estimate of drug-likeness (QED) is 0.727. The van der Waals surface area contributed by atoms with Crippen LogP contribution in [-0.2, 0) is 13.1 Å². The third-order valence-corrected chi connectivity index (χ3v) is 3.29. The molecule has 0 amide bonds. The summed E-state index contributed by atoms with van der Waals surface area (Å²) in [7, 11) is 0. The third kappa shape index (κ3) is 5.67. The van der Waals surface area contributed by atoms with Crippen molar-refractivity contribution >= 4 is 0 Å². The van der Waals surface area contributed by atoms with Gasteiger partial charge in [0.05, 0.1) is 6.54 Å². The van der Waals surface area contributed by atoms with Crippen molar-refractivity contribution in [2.45, 2.75) is 72.5 Å². The van der Waals surface area contributed by atoms with Gasteiger partial charge in [-0.2, -0.15) is 0 Å². The first kappa shape index (κ1) is 15.2. The van der Waals surface area contributed by atoms with Crippen molar-refractivity contribution in [2.24, 2.45) is 5.92 Å². The standard InChI is InChI=1S/C15H29N3/c1-5-10-18-11-9-16-15(18)12-17-14(4)8-6-7-13(2)3/h9,11,13-14,17H,5-8,10,12H2,1-4H3. The minimum atomic E-state index is 0.579. The number of rotatable bonds is 9. The summed E-state index contributed by atoms with van der Waals surface area (Å²) in [6, 6.07) is 0.579. The van der Waals surface area contributed by atoms with Gasteiger partial charge in [0.2, 0.25) is 0 Å². The molecule has 104 valence electrons. The highest BCUT2D eigenvalue weighted by Crippen LogP contribution is 2.08. The molecule has 1 N–H and O–H groups in total. The number of nitrogens with zero attached hydrogens (tertiary/aromatic N) is 2. The molecule has 1 aromatic rings. The van der Waals surface area contributed by atoms with Crippen molar-refractivity contribution in [3.05, 3.63) is 18.2 Å². The van der Waals surface area contributed by atoms with Crippen LogP contribution in [0.25, 0.3) is 0 Å². The molecule has 1 aromatic heterocycles. The van der Waals surface area contributed by atoms with E-state index in [1.54, 1.807) is 0 Å². The zero-order valence-electron chi connectivity index (χ0n) is 12.4. The summed E-state index contributed by atoms with van der Waals surface area (Å²) in [5.41, 5.74) is 0. The monoisotopic (exact) mass is 251 g/mol. The average molecular weight is 251 g/mol. The van der Waals surface area contributed by atoms with Gasteiger partial charge in [0.15, 0.2) is 0 Å². The van der Waals surface area contributed by atoms with Crippen LogP contribution in [0.15, 0.2) is 12.4 Å². The Balaban J connectivity index is 2.24. The zero-order chi connectivity index (χ0) is 13.4. The van der Waals surface area contributed by atoms with E-state index in [1.807, 2.05) is 6.20 Å². The Morgan fingerprint density at radius 2 is 2.06 bits per heavy atom. The van der Waals surface area contributed by atoms with Crippen LogP contribution in [0.5, 0.6) is 0 Å². The molecule has 0 saturated carbocycles. The summed E-state index contributed by atoms with van der Waals surface area (Å²) in [5, 5.41) is 3.57. The fourth-order valence-corrected chi connectivity index (χ4v) is 2.15. The topological polar surface area (TPSA) is 29.9 Å².